The summed E-state index contributed by atoms with van der Waals surface area (Å²) in [6.07, 6.45) is -1.60. The van der Waals surface area contributed by atoms with Gasteiger partial charge in [-0.25, -0.2) is 4.79 Å². The van der Waals surface area contributed by atoms with Gasteiger partial charge in [-0.1, -0.05) is 20.8 Å². The minimum absolute atomic E-state index is 0.0288. The molecule has 0 bridgehead atoms. The molecule has 1 aliphatic heterocycles. The third-order valence-electron chi connectivity index (χ3n) is 4.89. The number of carbonyl (C=O) groups is 1. The van der Waals surface area contributed by atoms with Gasteiger partial charge in [-0.05, 0) is 38.9 Å². The van der Waals surface area contributed by atoms with Crippen molar-refractivity contribution >= 4 is 14.4 Å². The number of amides is 1. The summed E-state index contributed by atoms with van der Waals surface area (Å²) in [5.41, 5.74) is -0.569. The van der Waals surface area contributed by atoms with E-state index in [1.54, 1.807) is 4.90 Å². The second-order valence-electron chi connectivity index (χ2n) is 9.22. The lowest BCUT2D eigenvalue weighted by molar-refractivity contribution is 0.00978. The fourth-order valence-electron chi connectivity index (χ4n) is 2.46. The first-order valence-electron chi connectivity index (χ1n) is 8.62. The van der Waals surface area contributed by atoms with Gasteiger partial charge in [0.2, 0.25) is 0 Å². The highest BCUT2D eigenvalue weighted by atomic mass is 28.4. The molecule has 3 atom stereocenters. The number of hydrogen-bond acceptors (Lipinski definition) is 5. The van der Waals surface area contributed by atoms with Crippen LogP contribution in [0.2, 0.25) is 18.1 Å². The van der Waals surface area contributed by atoms with Crippen molar-refractivity contribution in [2.45, 2.75) is 77.5 Å². The molecule has 2 N–H and O–H groups in total. The van der Waals surface area contributed by atoms with Gasteiger partial charge >= 0.3 is 6.09 Å². The Balaban J connectivity index is 2.91. The van der Waals surface area contributed by atoms with Crippen molar-refractivity contribution in [1.29, 1.82) is 0 Å². The summed E-state index contributed by atoms with van der Waals surface area (Å²) >= 11 is 0. The molecule has 1 rings (SSSR count). The van der Waals surface area contributed by atoms with Gasteiger partial charge in [-0.15, -0.1) is 0 Å². The Bertz CT molecular complexity index is 441. The fourth-order valence-corrected chi connectivity index (χ4v) is 3.82. The number of aliphatic hydroxyl groups excluding tert-OH is 2. The first-order chi connectivity index (χ1) is 10.7. The summed E-state index contributed by atoms with van der Waals surface area (Å²) < 4.78 is 11.9. The van der Waals surface area contributed by atoms with Crippen molar-refractivity contribution in [1.82, 2.24) is 4.90 Å². The topological polar surface area (TPSA) is 79.2 Å². The van der Waals surface area contributed by atoms with Crippen molar-refractivity contribution in [2.75, 3.05) is 19.7 Å². The second-order valence-corrected chi connectivity index (χ2v) is 14.0. The van der Waals surface area contributed by atoms with Gasteiger partial charge in [0.25, 0.3) is 0 Å². The number of ether oxygens (including phenoxy) is 1. The molecule has 142 valence electrons. The van der Waals surface area contributed by atoms with E-state index in [2.05, 4.69) is 33.9 Å². The van der Waals surface area contributed by atoms with Gasteiger partial charge in [0, 0.05) is 19.0 Å². The Kier molecular flexibility index (Phi) is 6.52. The van der Waals surface area contributed by atoms with Crippen LogP contribution in [0.3, 0.4) is 0 Å². The van der Waals surface area contributed by atoms with E-state index in [4.69, 9.17) is 9.16 Å². The molecule has 7 heteroatoms. The smallest absolute Gasteiger partial charge is 0.410 e. The third-order valence-corrected chi connectivity index (χ3v) is 9.40. The van der Waals surface area contributed by atoms with Crippen LogP contribution in [-0.4, -0.2) is 67.0 Å². The number of rotatable bonds is 4. The average Bonchev–Trinajstić information content (AvgIpc) is 2.77. The predicted octanol–water partition coefficient (Wildman–Crippen LogP) is 2.60. The van der Waals surface area contributed by atoms with E-state index < -0.39 is 26.1 Å². The van der Waals surface area contributed by atoms with Gasteiger partial charge in [0.05, 0.1) is 18.8 Å². The summed E-state index contributed by atoms with van der Waals surface area (Å²) in [6, 6.07) is 0. The highest BCUT2D eigenvalue weighted by molar-refractivity contribution is 6.74. The Hall–Kier alpha value is -0.633. The molecule has 0 aromatic rings. The van der Waals surface area contributed by atoms with E-state index in [9.17, 15) is 15.0 Å². The van der Waals surface area contributed by atoms with Crippen molar-refractivity contribution in [3.63, 3.8) is 0 Å². The maximum absolute atomic E-state index is 12.3. The van der Waals surface area contributed by atoms with E-state index in [0.717, 1.165) is 0 Å². The Morgan fingerprint density at radius 2 is 1.75 bits per heavy atom. The van der Waals surface area contributed by atoms with Crippen molar-refractivity contribution in [2.24, 2.45) is 5.92 Å². The zero-order chi connectivity index (χ0) is 18.9. The lowest BCUT2D eigenvalue weighted by atomic mass is 10.00. The number of carbonyl (C=O) groups excluding carboxylic acids is 1. The zero-order valence-electron chi connectivity index (χ0n) is 16.4. The van der Waals surface area contributed by atoms with Crippen LogP contribution in [0, 0.1) is 5.92 Å². The molecule has 0 saturated carbocycles. The molecular formula is C17H35NO5Si. The van der Waals surface area contributed by atoms with E-state index in [1.165, 1.54) is 0 Å². The molecule has 0 aliphatic carbocycles. The highest BCUT2D eigenvalue weighted by Gasteiger charge is 2.46. The fraction of sp³-hybridized carbons (Fsp3) is 0.941. The zero-order valence-corrected chi connectivity index (χ0v) is 17.4. The van der Waals surface area contributed by atoms with Crippen LogP contribution >= 0.6 is 0 Å². The van der Waals surface area contributed by atoms with Gasteiger partial charge in [-0.3, -0.25) is 0 Å². The molecule has 1 amide bonds. The van der Waals surface area contributed by atoms with E-state index in [1.807, 2.05) is 20.8 Å². The molecule has 1 saturated heterocycles. The van der Waals surface area contributed by atoms with Gasteiger partial charge < -0.3 is 24.3 Å². The number of hydrogen-bond donors (Lipinski definition) is 2. The average molecular weight is 362 g/mol. The van der Waals surface area contributed by atoms with E-state index in [-0.39, 0.29) is 23.7 Å². The molecule has 1 heterocycles. The quantitative estimate of drug-likeness (QED) is 0.753. The molecule has 0 unspecified atom stereocenters. The van der Waals surface area contributed by atoms with E-state index >= 15 is 0 Å². The summed E-state index contributed by atoms with van der Waals surface area (Å²) in [6.45, 7) is 16.6. The molecule has 0 radical (unpaired) electrons. The van der Waals surface area contributed by atoms with Crippen molar-refractivity contribution in [3.8, 4) is 0 Å². The predicted molar refractivity (Wildman–Crippen MR) is 96.5 cm³/mol. The van der Waals surface area contributed by atoms with Crippen LogP contribution in [0.1, 0.15) is 41.5 Å². The Morgan fingerprint density at radius 1 is 1.21 bits per heavy atom. The summed E-state index contributed by atoms with van der Waals surface area (Å²) in [7, 11) is -2.05. The number of nitrogens with zero attached hydrogens (tertiary/aromatic N) is 1. The maximum Gasteiger partial charge on any atom is 0.410 e. The highest BCUT2D eigenvalue weighted by Crippen LogP contribution is 2.39. The van der Waals surface area contributed by atoms with Crippen LogP contribution in [0.5, 0.6) is 0 Å². The van der Waals surface area contributed by atoms with Gasteiger partial charge in [0.1, 0.15) is 5.60 Å². The first kappa shape index (κ1) is 21.4. The lowest BCUT2D eigenvalue weighted by Gasteiger charge is -2.40. The maximum atomic E-state index is 12.3. The third kappa shape index (κ3) is 5.44. The first-order valence-corrected chi connectivity index (χ1v) is 11.5. The Labute approximate surface area is 147 Å². The molecule has 0 aromatic heterocycles. The number of likely N-dealkylation sites (tertiary alicyclic amines) is 1. The van der Waals surface area contributed by atoms with Crippen LogP contribution in [0.25, 0.3) is 0 Å². The molecule has 24 heavy (non-hydrogen) atoms. The standard InChI is InChI=1S/C17H35NO5Si/c1-16(2,3)22-15(21)18-9-12(13(20)11-19)14(10-18)23-24(7,8)17(4,5)6/h12-14,19-20H,9-11H2,1-8H3/t12-,13-,14+/m0/s1. The SMILES string of the molecule is CC(C)(C)OC(=O)N1C[C@@H]([C@@H](O)CO)[C@H](O[Si](C)(C)C(C)(C)C)C1. The summed E-state index contributed by atoms with van der Waals surface area (Å²) in [5.74, 6) is -0.309. The summed E-state index contributed by atoms with van der Waals surface area (Å²) in [5, 5.41) is 19.5. The monoisotopic (exact) mass is 361 g/mol. The molecule has 0 spiro atoms. The Morgan fingerprint density at radius 3 is 2.17 bits per heavy atom. The van der Waals surface area contributed by atoms with Crippen LogP contribution in [0.15, 0.2) is 0 Å². The van der Waals surface area contributed by atoms with Crippen LogP contribution in [0.4, 0.5) is 4.79 Å². The molecular weight excluding hydrogens is 326 g/mol. The van der Waals surface area contributed by atoms with Crippen molar-refractivity contribution in [3.05, 3.63) is 0 Å². The second kappa shape index (κ2) is 7.31. The van der Waals surface area contributed by atoms with E-state index in [0.29, 0.717) is 13.1 Å². The molecule has 1 aliphatic rings. The summed E-state index contributed by atoms with van der Waals surface area (Å²) in [4.78, 5) is 13.9. The minimum Gasteiger partial charge on any atom is -0.444 e. The molecule has 6 nitrogen and oxygen atoms in total. The van der Waals surface area contributed by atoms with Gasteiger partial charge in [0.15, 0.2) is 8.32 Å². The molecule has 0 aromatic carbocycles. The minimum atomic E-state index is -2.05. The molecule has 1 fully saturated rings. The largest absolute Gasteiger partial charge is 0.444 e. The lowest BCUT2D eigenvalue weighted by Crippen LogP contribution is -2.48. The normalized spacial score (nSPS) is 24.2. The van der Waals surface area contributed by atoms with Crippen LogP contribution in [-0.2, 0) is 9.16 Å². The van der Waals surface area contributed by atoms with Gasteiger partial charge in [-0.2, -0.15) is 0 Å². The van der Waals surface area contributed by atoms with Crippen molar-refractivity contribution < 1.29 is 24.2 Å². The van der Waals surface area contributed by atoms with Crippen LogP contribution < -0.4 is 0 Å². The number of aliphatic hydroxyl groups is 2.